The topological polar surface area (TPSA) is 75.3 Å². The maximum Gasteiger partial charge on any atom is 0.416 e. The van der Waals surface area contributed by atoms with E-state index in [4.69, 9.17) is 11.6 Å². The largest absolute Gasteiger partial charge is 0.416 e. The van der Waals surface area contributed by atoms with E-state index in [2.05, 4.69) is 10.0 Å². The van der Waals surface area contributed by atoms with E-state index in [1.807, 2.05) is 0 Å². The van der Waals surface area contributed by atoms with Gasteiger partial charge < -0.3 is 5.32 Å². The first-order valence-electron chi connectivity index (χ1n) is 8.19. The van der Waals surface area contributed by atoms with E-state index in [1.54, 1.807) is 0 Å². The van der Waals surface area contributed by atoms with Gasteiger partial charge in [0.2, 0.25) is 15.9 Å². The third-order valence-electron chi connectivity index (χ3n) is 4.33. The van der Waals surface area contributed by atoms with Gasteiger partial charge in [-0.05, 0) is 48.2 Å². The van der Waals surface area contributed by atoms with E-state index in [-0.39, 0.29) is 28.5 Å². The van der Waals surface area contributed by atoms with E-state index < -0.39 is 21.8 Å². The molecule has 10 heteroatoms. The summed E-state index contributed by atoms with van der Waals surface area (Å²) in [5.74, 6) is -0.752. The second-order valence-corrected chi connectivity index (χ2v) is 8.78. The summed E-state index contributed by atoms with van der Waals surface area (Å²) in [5.41, 5.74) is 0.539. The van der Waals surface area contributed by atoms with Crippen molar-refractivity contribution in [3.05, 3.63) is 58.6 Å². The molecule has 1 fully saturated rings. The minimum Gasteiger partial charge on any atom is -0.326 e. The van der Waals surface area contributed by atoms with Crippen molar-refractivity contribution in [2.75, 3.05) is 16.3 Å². The Morgan fingerprint density at radius 3 is 2.32 bits per heavy atom. The van der Waals surface area contributed by atoms with Crippen LogP contribution in [0.25, 0.3) is 0 Å². The molecule has 2 aromatic rings. The Morgan fingerprint density at radius 2 is 1.79 bits per heavy atom. The normalized spacial score (nSPS) is 19.2. The Bertz CT molecular complexity index is 1010. The number of rotatable bonds is 5. The van der Waals surface area contributed by atoms with Gasteiger partial charge in [0, 0.05) is 11.6 Å². The van der Waals surface area contributed by atoms with Gasteiger partial charge in [0.05, 0.1) is 22.5 Å². The third kappa shape index (κ3) is 4.96. The number of benzene rings is 2. The molecule has 2 atom stereocenters. The second kappa shape index (κ2) is 7.29. The van der Waals surface area contributed by atoms with Crippen LogP contribution in [-0.4, -0.2) is 20.6 Å². The minimum atomic E-state index is -4.39. The average Bonchev–Trinajstić information content (AvgIpc) is 3.36. The second-order valence-electron chi connectivity index (χ2n) is 6.63. The van der Waals surface area contributed by atoms with Crippen molar-refractivity contribution in [3.8, 4) is 0 Å². The summed E-state index contributed by atoms with van der Waals surface area (Å²) in [7, 11) is -3.48. The van der Waals surface area contributed by atoms with Gasteiger partial charge in [-0.2, -0.15) is 13.2 Å². The first-order valence-corrected chi connectivity index (χ1v) is 10.5. The maximum absolute atomic E-state index is 12.6. The Hall–Kier alpha value is -2.26. The van der Waals surface area contributed by atoms with Gasteiger partial charge >= 0.3 is 6.18 Å². The summed E-state index contributed by atoms with van der Waals surface area (Å²) in [6.07, 6.45) is -2.86. The molecule has 28 heavy (non-hydrogen) atoms. The lowest BCUT2D eigenvalue weighted by molar-refractivity contribution is -0.137. The number of hydrogen-bond acceptors (Lipinski definition) is 3. The number of carbonyl (C=O) groups is 1. The highest BCUT2D eigenvalue weighted by Crippen LogP contribution is 2.48. The highest BCUT2D eigenvalue weighted by Gasteiger charge is 2.44. The molecule has 1 saturated carbocycles. The van der Waals surface area contributed by atoms with Gasteiger partial charge in [0.1, 0.15) is 0 Å². The molecular weight excluding hydrogens is 417 g/mol. The number of amides is 1. The van der Waals surface area contributed by atoms with Crippen molar-refractivity contribution >= 4 is 38.9 Å². The van der Waals surface area contributed by atoms with Gasteiger partial charge in [-0.25, -0.2) is 8.42 Å². The van der Waals surface area contributed by atoms with Crippen molar-refractivity contribution < 1.29 is 26.4 Å². The minimum absolute atomic E-state index is 0.123. The van der Waals surface area contributed by atoms with Crippen LogP contribution in [0.1, 0.15) is 23.5 Å². The molecule has 0 saturated heterocycles. The fraction of sp³-hybridized carbons (Fsp3) is 0.278. The van der Waals surface area contributed by atoms with Crippen molar-refractivity contribution in [2.24, 2.45) is 5.92 Å². The number of anilines is 2. The van der Waals surface area contributed by atoms with Crippen molar-refractivity contribution in [1.82, 2.24) is 0 Å². The summed E-state index contributed by atoms with van der Waals surface area (Å²) in [5, 5.41) is 2.81. The zero-order valence-corrected chi connectivity index (χ0v) is 16.1. The predicted octanol–water partition coefficient (Wildman–Crippen LogP) is 4.47. The zero-order chi connectivity index (χ0) is 20.7. The fourth-order valence-electron chi connectivity index (χ4n) is 2.88. The van der Waals surface area contributed by atoms with E-state index in [9.17, 15) is 26.4 Å². The molecule has 3 rings (SSSR count). The highest BCUT2D eigenvalue weighted by atomic mass is 35.5. The van der Waals surface area contributed by atoms with Crippen LogP contribution in [0, 0.1) is 5.92 Å². The van der Waals surface area contributed by atoms with Crippen LogP contribution in [0.3, 0.4) is 0 Å². The van der Waals surface area contributed by atoms with Gasteiger partial charge in [0.15, 0.2) is 0 Å². The molecule has 0 radical (unpaired) electrons. The number of sulfonamides is 1. The van der Waals surface area contributed by atoms with Gasteiger partial charge in [-0.1, -0.05) is 23.7 Å². The van der Waals surface area contributed by atoms with E-state index in [1.165, 1.54) is 30.3 Å². The van der Waals surface area contributed by atoms with Crippen LogP contribution in [0.15, 0.2) is 42.5 Å². The number of hydrogen-bond donors (Lipinski definition) is 2. The average molecular weight is 433 g/mol. The Balaban J connectivity index is 1.63. The van der Waals surface area contributed by atoms with Crippen LogP contribution < -0.4 is 10.0 Å². The molecule has 1 aliphatic rings. The summed E-state index contributed by atoms with van der Waals surface area (Å²) in [6, 6.07) is 9.16. The smallest absolute Gasteiger partial charge is 0.326 e. The first kappa shape index (κ1) is 20.5. The van der Waals surface area contributed by atoms with Crippen LogP contribution in [-0.2, 0) is 21.0 Å². The van der Waals surface area contributed by atoms with Crippen molar-refractivity contribution in [1.29, 1.82) is 0 Å². The lowest BCUT2D eigenvalue weighted by atomic mass is 10.1. The number of carbonyl (C=O) groups excluding carboxylic acids is 1. The van der Waals surface area contributed by atoms with Gasteiger partial charge in [0.25, 0.3) is 0 Å². The molecule has 2 unspecified atom stereocenters. The zero-order valence-electron chi connectivity index (χ0n) is 14.5. The molecule has 1 aliphatic carbocycles. The molecule has 0 aromatic heterocycles. The van der Waals surface area contributed by atoms with Crippen molar-refractivity contribution in [3.63, 3.8) is 0 Å². The standard InChI is InChI=1S/C18H16ClF3N2O3S/c1-28(26,27)24-16-7-6-12(8-15(16)19)23-17(25)14-9-13(14)10-2-4-11(5-3-10)18(20,21)22/h2-8,13-14,24H,9H2,1H3,(H,23,25). The van der Waals surface area contributed by atoms with Gasteiger partial charge in [-0.15, -0.1) is 0 Å². The van der Waals surface area contributed by atoms with Crippen LogP contribution in [0.5, 0.6) is 0 Å². The fourth-order valence-corrected chi connectivity index (χ4v) is 3.74. The van der Waals surface area contributed by atoms with Crippen LogP contribution in [0.2, 0.25) is 5.02 Å². The predicted molar refractivity (Wildman–Crippen MR) is 101 cm³/mol. The molecule has 1 amide bonds. The Kier molecular flexibility index (Phi) is 5.33. The van der Waals surface area contributed by atoms with Crippen molar-refractivity contribution in [2.45, 2.75) is 18.5 Å². The highest BCUT2D eigenvalue weighted by molar-refractivity contribution is 7.92. The molecule has 150 valence electrons. The van der Waals surface area contributed by atoms with Crippen LogP contribution in [0.4, 0.5) is 24.5 Å². The molecule has 2 N–H and O–H groups in total. The number of alkyl halides is 3. The molecule has 0 bridgehead atoms. The first-order chi connectivity index (χ1) is 12.9. The SMILES string of the molecule is CS(=O)(=O)Nc1ccc(NC(=O)C2CC2c2ccc(C(F)(F)F)cc2)cc1Cl. The number of halogens is 4. The molecule has 0 spiro atoms. The monoisotopic (exact) mass is 432 g/mol. The molecule has 2 aromatic carbocycles. The van der Waals surface area contributed by atoms with Crippen LogP contribution >= 0.6 is 11.6 Å². The summed E-state index contributed by atoms with van der Waals surface area (Å²) < 4.78 is 62.6. The summed E-state index contributed by atoms with van der Waals surface area (Å²) in [4.78, 5) is 12.4. The maximum atomic E-state index is 12.6. The Labute approximate surface area is 164 Å². The van der Waals surface area contributed by atoms with E-state index in [0.29, 0.717) is 17.7 Å². The summed E-state index contributed by atoms with van der Waals surface area (Å²) in [6.45, 7) is 0. The van der Waals surface area contributed by atoms with Gasteiger partial charge in [-0.3, -0.25) is 9.52 Å². The van der Waals surface area contributed by atoms with E-state index in [0.717, 1.165) is 18.4 Å². The molecule has 0 heterocycles. The van der Waals surface area contributed by atoms with E-state index >= 15 is 0 Å². The number of nitrogens with one attached hydrogen (secondary N) is 2. The lowest BCUT2D eigenvalue weighted by Crippen LogP contribution is -2.15. The molecule has 0 aliphatic heterocycles. The third-order valence-corrected chi connectivity index (χ3v) is 5.23. The Morgan fingerprint density at radius 1 is 1.14 bits per heavy atom. The lowest BCUT2D eigenvalue weighted by Gasteiger charge is -2.10. The quantitative estimate of drug-likeness (QED) is 0.731. The molecule has 5 nitrogen and oxygen atoms in total. The molecular formula is C18H16ClF3N2O3S. The summed E-state index contributed by atoms with van der Waals surface area (Å²) >= 11 is 6.02.